The highest BCUT2D eigenvalue weighted by Gasteiger charge is 2.12. The van der Waals surface area contributed by atoms with Crippen molar-refractivity contribution >= 4 is 34.5 Å². The molecule has 0 aliphatic rings. The highest BCUT2D eigenvalue weighted by molar-refractivity contribution is 7.20. The van der Waals surface area contributed by atoms with Crippen LogP contribution in [0.15, 0.2) is 16.7 Å². The van der Waals surface area contributed by atoms with E-state index < -0.39 is 0 Å². The highest BCUT2D eigenvalue weighted by Crippen LogP contribution is 2.38. The third kappa shape index (κ3) is 2.34. The smallest absolute Gasteiger partial charge is 0.208 e. The van der Waals surface area contributed by atoms with Crippen LogP contribution in [-0.2, 0) is 6.54 Å². The molecule has 0 saturated heterocycles. The van der Waals surface area contributed by atoms with E-state index in [0.717, 1.165) is 5.56 Å². The maximum Gasteiger partial charge on any atom is 0.208 e. The first-order valence-corrected chi connectivity index (χ1v) is 5.82. The number of oxazole rings is 1. The third-order valence-electron chi connectivity index (χ3n) is 1.80. The van der Waals surface area contributed by atoms with Gasteiger partial charge >= 0.3 is 0 Å². The first-order valence-electron chi connectivity index (χ1n) is 4.25. The Kier molecular flexibility index (Phi) is 3.31. The molecule has 0 fully saturated rings. The van der Waals surface area contributed by atoms with E-state index in [1.54, 1.807) is 12.3 Å². The molecule has 0 aliphatic heterocycles. The van der Waals surface area contributed by atoms with Crippen molar-refractivity contribution < 1.29 is 4.42 Å². The molecule has 0 aliphatic carbocycles. The Hall–Kier alpha value is -0.550. The van der Waals surface area contributed by atoms with E-state index in [0.29, 0.717) is 26.9 Å². The standard InChI is InChI=1S/C9H8Cl2N2OS/c1-12-4-8-13-3-6(14-8)5-2-7(10)15-9(5)11/h2-3,12H,4H2,1H3. The van der Waals surface area contributed by atoms with Crippen LogP contribution < -0.4 is 5.32 Å². The van der Waals surface area contributed by atoms with Crippen LogP contribution in [0, 0.1) is 0 Å². The van der Waals surface area contributed by atoms with Gasteiger partial charge in [0.2, 0.25) is 5.89 Å². The van der Waals surface area contributed by atoms with E-state index in [9.17, 15) is 0 Å². The Bertz CT molecular complexity index is 466. The number of nitrogens with one attached hydrogen (secondary N) is 1. The zero-order valence-electron chi connectivity index (χ0n) is 7.88. The molecule has 0 saturated carbocycles. The molecule has 0 radical (unpaired) electrons. The average molecular weight is 263 g/mol. The molecule has 0 bridgehead atoms. The van der Waals surface area contributed by atoms with Gasteiger partial charge in [-0.15, -0.1) is 11.3 Å². The van der Waals surface area contributed by atoms with Gasteiger partial charge < -0.3 is 9.73 Å². The van der Waals surface area contributed by atoms with Crippen LogP contribution in [0.1, 0.15) is 5.89 Å². The van der Waals surface area contributed by atoms with Gasteiger partial charge in [0.25, 0.3) is 0 Å². The number of rotatable bonds is 3. The van der Waals surface area contributed by atoms with Crippen molar-refractivity contribution in [2.45, 2.75) is 6.54 Å². The van der Waals surface area contributed by atoms with Crippen molar-refractivity contribution in [1.29, 1.82) is 0 Å². The van der Waals surface area contributed by atoms with Gasteiger partial charge in [-0.2, -0.15) is 0 Å². The highest BCUT2D eigenvalue weighted by atomic mass is 35.5. The molecule has 15 heavy (non-hydrogen) atoms. The fourth-order valence-electron chi connectivity index (χ4n) is 1.18. The Morgan fingerprint density at radius 3 is 2.93 bits per heavy atom. The maximum atomic E-state index is 6.00. The van der Waals surface area contributed by atoms with E-state index in [1.165, 1.54) is 11.3 Å². The summed E-state index contributed by atoms with van der Waals surface area (Å²) in [6.45, 7) is 0.593. The van der Waals surface area contributed by atoms with Crippen LogP contribution in [0.2, 0.25) is 8.67 Å². The quantitative estimate of drug-likeness (QED) is 0.921. The first kappa shape index (κ1) is 11.0. The molecule has 0 unspecified atom stereocenters. The van der Waals surface area contributed by atoms with E-state index in [-0.39, 0.29) is 0 Å². The van der Waals surface area contributed by atoms with Crippen molar-refractivity contribution in [3.63, 3.8) is 0 Å². The van der Waals surface area contributed by atoms with Gasteiger partial charge in [-0.25, -0.2) is 4.98 Å². The van der Waals surface area contributed by atoms with Gasteiger partial charge in [0.05, 0.1) is 17.1 Å². The molecule has 0 aromatic carbocycles. The summed E-state index contributed by atoms with van der Waals surface area (Å²) < 4.78 is 6.75. The lowest BCUT2D eigenvalue weighted by molar-refractivity contribution is 0.491. The van der Waals surface area contributed by atoms with Gasteiger partial charge in [0.1, 0.15) is 4.34 Å². The molecular weight excluding hydrogens is 255 g/mol. The number of aromatic nitrogens is 1. The van der Waals surface area contributed by atoms with Crippen molar-refractivity contribution in [2.75, 3.05) is 7.05 Å². The molecule has 2 aromatic rings. The van der Waals surface area contributed by atoms with Crippen molar-refractivity contribution in [1.82, 2.24) is 10.3 Å². The van der Waals surface area contributed by atoms with E-state index >= 15 is 0 Å². The predicted octanol–water partition coefficient (Wildman–Crippen LogP) is 3.43. The van der Waals surface area contributed by atoms with E-state index in [2.05, 4.69) is 10.3 Å². The lowest BCUT2D eigenvalue weighted by atomic mass is 10.3. The molecule has 0 spiro atoms. The fourth-order valence-corrected chi connectivity index (χ4v) is 2.65. The molecule has 0 amide bonds. The SMILES string of the molecule is CNCc1ncc(-c2cc(Cl)sc2Cl)o1. The van der Waals surface area contributed by atoms with Gasteiger partial charge in [0.15, 0.2) is 5.76 Å². The van der Waals surface area contributed by atoms with Crippen LogP contribution in [0.3, 0.4) is 0 Å². The summed E-state index contributed by atoms with van der Waals surface area (Å²) in [7, 11) is 1.83. The van der Waals surface area contributed by atoms with E-state index in [1.807, 2.05) is 7.05 Å². The summed E-state index contributed by atoms with van der Waals surface area (Å²) in [5, 5.41) is 2.96. The van der Waals surface area contributed by atoms with E-state index in [4.69, 9.17) is 27.6 Å². The Morgan fingerprint density at radius 2 is 2.33 bits per heavy atom. The zero-order chi connectivity index (χ0) is 10.8. The summed E-state index contributed by atoms with van der Waals surface area (Å²) in [5.41, 5.74) is 0.793. The summed E-state index contributed by atoms with van der Waals surface area (Å²) in [5.74, 6) is 1.28. The number of hydrogen-bond donors (Lipinski definition) is 1. The van der Waals surface area contributed by atoms with Gasteiger partial charge in [0, 0.05) is 5.56 Å². The van der Waals surface area contributed by atoms with Crippen LogP contribution in [0.25, 0.3) is 11.3 Å². The number of hydrogen-bond acceptors (Lipinski definition) is 4. The minimum atomic E-state index is 0.593. The molecule has 2 aromatic heterocycles. The molecular formula is C9H8Cl2N2OS. The zero-order valence-corrected chi connectivity index (χ0v) is 10.2. The summed E-state index contributed by atoms with van der Waals surface area (Å²) >= 11 is 13.2. The van der Waals surface area contributed by atoms with Crippen molar-refractivity contribution in [3.05, 3.63) is 26.8 Å². The van der Waals surface area contributed by atoms with Gasteiger partial charge in [-0.3, -0.25) is 0 Å². The minimum absolute atomic E-state index is 0.593. The predicted molar refractivity (Wildman–Crippen MR) is 62.6 cm³/mol. The maximum absolute atomic E-state index is 6.00. The third-order valence-corrected chi connectivity index (χ3v) is 3.29. The number of nitrogens with zero attached hydrogens (tertiary/aromatic N) is 1. The summed E-state index contributed by atoms with van der Waals surface area (Å²) in [6.07, 6.45) is 1.65. The Balaban J connectivity index is 2.32. The second kappa shape index (κ2) is 4.53. The molecule has 2 rings (SSSR count). The first-order chi connectivity index (χ1) is 7.20. The number of halogens is 2. The van der Waals surface area contributed by atoms with Gasteiger partial charge in [-0.05, 0) is 13.1 Å². The minimum Gasteiger partial charge on any atom is -0.439 e. The molecule has 0 atom stereocenters. The number of thiophene rings is 1. The molecule has 2 heterocycles. The van der Waals surface area contributed by atoms with Crippen LogP contribution in [0.5, 0.6) is 0 Å². The average Bonchev–Trinajstić information content (AvgIpc) is 2.73. The largest absolute Gasteiger partial charge is 0.439 e. The lowest BCUT2D eigenvalue weighted by Crippen LogP contribution is -2.04. The lowest BCUT2D eigenvalue weighted by Gasteiger charge is -1.92. The summed E-state index contributed by atoms with van der Waals surface area (Å²) in [4.78, 5) is 4.11. The fraction of sp³-hybridized carbons (Fsp3) is 0.222. The second-order valence-corrected chi connectivity index (χ2v) is 5.17. The molecule has 6 heteroatoms. The van der Waals surface area contributed by atoms with Crippen molar-refractivity contribution in [3.8, 4) is 11.3 Å². The van der Waals surface area contributed by atoms with Gasteiger partial charge in [-0.1, -0.05) is 23.2 Å². The summed E-state index contributed by atoms with van der Waals surface area (Å²) in [6, 6.07) is 1.78. The monoisotopic (exact) mass is 262 g/mol. The Labute approximate surface area is 101 Å². The molecule has 80 valence electrons. The van der Waals surface area contributed by atoms with Crippen LogP contribution in [-0.4, -0.2) is 12.0 Å². The second-order valence-electron chi connectivity index (χ2n) is 2.89. The van der Waals surface area contributed by atoms with Crippen LogP contribution >= 0.6 is 34.5 Å². The molecule has 3 nitrogen and oxygen atoms in total. The normalized spacial score (nSPS) is 10.9. The molecule has 1 N–H and O–H groups in total. The van der Waals surface area contributed by atoms with Crippen molar-refractivity contribution in [2.24, 2.45) is 0 Å². The van der Waals surface area contributed by atoms with Crippen LogP contribution in [0.4, 0.5) is 0 Å². The topological polar surface area (TPSA) is 38.1 Å². The Morgan fingerprint density at radius 1 is 1.53 bits per heavy atom.